The maximum atomic E-state index is 12.5. The molecular formula is C22H20Cl2N2O5S. The molecule has 0 radical (unpaired) electrons. The molecule has 0 bridgehead atoms. The zero-order chi connectivity index (χ0) is 23.3. The molecule has 0 aliphatic carbocycles. The number of hydrogen-bond acceptors (Lipinski definition) is 5. The van der Waals surface area contributed by atoms with Crippen molar-refractivity contribution in [2.75, 3.05) is 11.6 Å². The van der Waals surface area contributed by atoms with E-state index in [0.29, 0.717) is 38.6 Å². The number of nitrogens with zero attached hydrogens (tertiary/aromatic N) is 1. The van der Waals surface area contributed by atoms with Crippen LogP contribution in [0.2, 0.25) is 10.0 Å². The largest absolute Gasteiger partial charge is 0.489 e. The summed E-state index contributed by atoms with van der Waals surface area (Å²) in [7, 11) is 0. The summed E-state index contributed by atoms with van der Waals surface area (Å²) in [6.45, 7) is 1.56. The van der Waals surface area contributed by atoms with E-state index in [4.69, 9.17) is 27.9 Å². The van der Waals surface area contributed by atoms with Gasteiger partial charge >= 0.3 is 5.97 Å². The number of rotatable bonds is 7. The maximum Gasteiger partial charge on any atom is 0.352 e. The van der Waals surface area contributed by atoms with Crippen molar-refractivity contribution in [3.63, 3.8) is 0 Å². The number of carboxylic acids is 1. The fourth-order valence-electron chi connectivity index (χ4n) is 2.99. The van der Waals surface area contributed by atoms with Gasteiger partial charge in [0.2, 0.25) is 11.8 Å². The van der Waals surface area contributed by atoms with Crippen LogP contribution in [0.25, 0.3) is 6.08 Å². The highest BCUT2D eigenvalue weighted by molar-refractivity contribution is 7.99. The summed E-state index contributed by atoms with van der Waals surface area (Å²) in [6, 6.07) is 11.2. The van der Waals surface area contributed by atoms with E-state index in [1.54, 1.807) is 42.5 Å². The number of hydrogen-bond donors (Lipinski definition) is 2. The summed E-state index contributed by atoms with van der Waals surface area (Å²) >= 11 is 13.7. The molecule has 2 aromatic rings. The van der Waals surface area contributed by atoms with Crippen LogP contribution in [0.15, 0.2) is 48.2 Å². The van der Waals surface area contributed by atoms with Crippen molar-refractivity contribution < 1.29 is 24.2 Å². The predicted octanol–water partition coefficient (Wildman–Crippen LogP) is 4.04. The third kappa shape index (κ3) is 5.97. The van der Waals surface area contributed by atoms with Gasteiger partial charge in [-0.25, -0.2) is 4.79 Å². The second-order valence-electron chi connectivity index (χ2n) is 6.91. The fourth-order valence-corrected chi connectivity index (χ4v) is 4.72. The molecule has 10 heteroatoms. The van der Waals surface area contributed by atoms with Crippen molar-refractivity contribution in [2.45, 2.75) is 19.6 Å². The third-order valence-electron chi connectivity index (χ3n) is 4.71. The number of ether oxygens (including phenoxy) is 1. The molecule has 1 saturated heterocycles. The minimum atomic E-state index is -1.29. The minimum absolute atomic E-state index is 0.177. The van der Waals surface area contributed by atoms with E-state index in [9.17, 15) is 19.5 Å². The van der Waals surface area contributed by atoms with Crippen molar-refractivity contribution in [1.29, 1.82) is 0 Å². The molecule has 2 N–H and O–H groups in total. The van der Waals surface area contributed by atoms with E-state index >= 15 is 0 Å². The molecule has 0 aromatic heterocycles. The molecule has 168 valence electrons. The van der Waals surface area contributed by atoms with Gasteiger partial charge in [-0.2, -0.15) is 0 Å². The molecule has 7 nitrogen and oxygen atoms in total. The van der Waals surface area contributed by atoms with Crippen LogP contribution < -0.4 is 10.1 Å². The van der Waals surface area contributed by atoms with Crippen LogP contribution in [0.5, 0.6) is 5.75 Å². The van der Waals surface area contributed by atoms with Crippen LogP contribution in [-0.2, 0) is 21.0 Å². The van der Waals surface area contributed by atoms with Crippen LogP contribution in [0.4, 0.5) is 0 Å². The lowest BCUT2D eigenvalue weighted by Gasteiger charge is -2.21. The van der Waals surface area contributed by atoms with E-state index in [2.05, 4.69) is 5.32 Å². The molecule has 0 spiro atoms. The molecule has 2 aromatic carbocycles. The Hall–Kier alpha value is -2.68. The topological polar surface area (TPSA) is 95.9 Å². The summed E-state index contributed by atoms with van der Waals surface area (Å²) in [4.78, 5) is 37.2. The van der Waals surface area contributed by atoms with Gasteiger partial charge in [0.25, 0.3) is 0 Å². The number of carbonyl (C=O) groups is 3. The first kappa shape index (κ1) is 24.0. The molecule has 1 atom stereocenters. The third-order valence-corrected chi connectivity index (χ3v) is 6.43. The SMILES string of the molecule is CC(=O)N1CSCC1C(=O)N/C(=C/c1ccc(OCc2c(Cl)cccc2Cl)cc1)C(=O)O. The highest BCUT2D eigenvalue weighted by Crippen LogP contribution is 2.26. The molecule has 1 unspecified atom stereocenters. The molecule has 3 rings (SSSR count). The van der Waals surface area contributed by atoms with Gasteiger partial charge in [-0.1, -0.05) is 41.4 Å². The lowest BCUT2D eigenvalue weighted by atomic mass is 10.1. The summed E-state index contributed by atoms with van der Waals surface area (Å²) < 4.78 is 5.71. The van der Waals surface area contributed by atoms with Crippen molar-refractivity contribution in [1.82, 2.24) is 10.2 Å². The number of amides is 2. The van der Waals surface area contributed by atoms with Crippen LogP contribution in [0, 0.1) is 0 Å². The van der Waals surface area contributed by atoms with E-state index in [-0.39, 0.29) is 18.2 Å². The van der Waals surface area contributed by atoms with Gasteiger partial charge in [0.15, 0.2) is 0 Å². The Morgan fingerprint density at radius 1 is 1.19 bits per heavy atom. The smallest absolute Gasteiger partial charge is 0.352 e. The van der Waals surface area contributed by atoms with Gasteiger partial charge in [0.05, 0.1) is 5.88 Å². The van der Waals surface area contributed by atoms with Gasteiger partial charge in [0.1, 0.15) is 24.1 Å². The minimum Gasteiger partial charge on any atom is -0.489 e. The van der Waals surface area contributed by atoms with E-state index in [0.717, 1.165) is 0 Å². The van der Waals surface area contributed by atoms with Crippen LogP contribution >= 0.6 is 35.0 Å². The number of halogens is 2. The maximum absolute atomic E-state index is 12.5. The van der Waals surface area contributed by atoms with Crippen molar-refractivity contribution in [2.24, 2.45) is 0 Å². The molecule has 1 aliphatic rings. The fraction of sp³-hybridized carbons (Fsp3) is 0.227. The Balaban J connectivity index is 1.67. The van der Waals surface area contributed by atoms with Crippen LogP contribution in [-0.4, -0.2) is 45.5 Å². The summed E-state index contributed by atoms with van der Waals surface area (Å²) in [5, 5.41) is 12.9. The van der Waals surface area contributed by atoms with Gasteiger partial charge in [-0.05, 0) is 35.9 Å². The van der Waals surface area contributed by atoms with Crippen molar-refractivity contribution in [3.05, 3.63) is 69.3 Å². The lowest BCUT2D eigenvalue weighted by molar-refractivity contribution is -0.137. The van der Waals surface area contributed by atoms with Gasteiger partial charge in [0, 0.05) is 28.3 Å². The number of thioether (sulfide) groups is 1. The predicted molar refractivity (Wildman–Crippen MR) is 125 cm³/mol. The molecule has 1 heterocycles. The van der Waals surface area contributed by atoms with Crippen LogP contribution in [0.3, 0.4) is 0 Å². The number of nitrogens with one attached hydrogen (secondary N) is 1. The quantitative estimate of drug-likeness (QED) is 0.564. The molecule has 2 amide bonds. The Bertz CT molecular complexity index is 1040. The van der Waals surface area contributed by atoms with Gasteiger partial charge in [-0.3, -0.25) is 9.59 Å². The highest BCUT2D eigenvalue weighted by Gasteiger charge is 2.33. The molecule has 1 aliphatic heterocycles. The molecular weight excluding hydrogens is 475 g/mol. The average molecular weight is 495 g/mol. The van der Waals surface area contributed by atoms with Crippen molar-refractivity contribution >= 4 is 58.8 Å². The summed E-state index contributed by atoms with van der Waals surface area (Å²) in [6.07, 6.45) is 1.34. The van der Waals surface area contributed by atoms with E-state index in [1.807, 2.05) is 0 Å². The van der Waals surface area contributed by atoms with E-state index < -0.39 is 17.9 Å². The number of carbonyl (C=O) groups excluding carboxylic acids is 2. The van der Waals surface area contributed by atoms with E-state index in [1.165, 1.54) is 29.7 Å². The lowest BCUT2D eigenvalue weighted by Crippen LogP contribution is -2.46. The zero-order valence-electron chi connectivity index (χ0n) is 17.0. The first-order valence-corrected chi connectivity index (χ1v) is 11.4. The highest BCUT2D eigenvalue weighted by atomic mass is 35.5. The van der Waals surface area contributed by atoms with Crippen LogP contribution in [0.1, 0.15) is 18.1 Å². The Morgan fingerprint density at radius 2 is 1.84 bits per heavy atom. The Morgan fingerprint density at radius 3 is 2.44 bits per heavy atom. The van der Waals surface area contributed by atoms with Gasteiger partial charge in [-0.15, -0.1) is 11.8 Å². The average Bonchev–Trinajstić information content (AvgIpc) is 3.24. The molecule has 1 fully saturated rings. The Labute approximate surface area is 199 Å². The first-order valence-electron chi connectivity index (χ1n) is 9.53. The van der Waals surface area contributed by atoms with Gasteiger partial charge < -0.3 is 20.1 Å². The number of carboxylic acid groups (broad SMARTS) is 1. The monoisotopic (exact) mass is 494 g/mol. The molecule has 32 heavy (non-hydrogen) atoms. The first-order chi connectivity index (χ1) is 15.3. The second kappa shape index (κ2) is 10.8. The second-order valence-corrected chi connectivity index (χ2v) is 8.73. The number of benzene rings is 2. The summed E-state index contributed by atoms with van der Waals surface area (Å²) in [5.74, 6) is -0.688. The van der Waals surface area contributed by atoms with Crippen molar-refractivity contribution in [3.8, 4) is 5.75 Å². The zero-order valence-corrected chi connectivity index (χ0v) is 19.3. The number of aliphatic carboxylic acids is 1. The summed E-state index contributed by atoms with van der Waals surface area (Å²) in [5.41, 5.74) is 0.933. The standard InChI is InChI=1S/C22H20Cl2N2O5S/c1-13(27)26-12-32-11-20(26)21(28)25-19(22(29)30)9-14-5-7-15(8-6-14)31-10-16-17(23)3-2-4-18(16)24/h2-9,20H,10-12H2,1H3,(H,25,28)(H,29,30)/b19-9+. The normalized spacial score (nSPS) is 16.0. The molecule has 0 saturated carbocycles. The Kier molecular flexibility index (Phi) is 8.06.